The molecule has 4 heteroatoms. The van der Waals surface area contributed by atoms with Crippen LogP contribution in [0.1, 0.15) is 25.8 Å². The Morgan fingerprint density at radius 2 is 2.30 bits per heavy atom. The summed E-state index contributed by atoms with van der Waals surface area (Å²) in [4.78, 5) is 2.50. The number of piperazine rings is 1. The summed E-state index contributed by atoms with van der Waals surface area (Å²) in [6.45, 7) is 7.50. The van der Waals surface area contributed by atoms with Crippen LogP contribution in [0.5, 0.6) is 5.75 Å². The minimum absolute atomic E-state index is 0.157. The first-order valence-corrected chi connectivity index (χ1v) is 7.58. The third-order valence-corrected chi connectivity index (χ3v) is 4.47. The van der Waals surface area contributed by atoms with Crippen LogP contribution in [-0.4, -0.2) is 42.7 Å². The Morgan fingerprint density at radius 1 is 1.45 bits per heavy atom. The minimum atomic E-state index is -0.172. The number of fused-ring (bicyclic) bond motifs is 1. The molecule has 1 saturated heterocycles. The molecule has 0 aliphatic carbocycles. The molecule has 2 aliphatic rings. The lowest BCUT2D eigenvalue weighted by Crippen LogP contribution is -2.57. The SMILES string of the molecule is CCC1CN(CC2Cc3cc(F)ccc3O2)C(C)CN1. The van der Waals surface area contributed by atoms with Gasteiger partial charge in [0.25, 0.3) is 0 Å². The molecule has 1 aromatic carbocycles. The van der Waals surface area contributed by atoms with Crippen LogP contribution in [0.25, 0.3) is 0 Å². The molecule has 3 unspecified atom stereocenters. The van der Waals surface area contributed by atoms with Gasteiger partial charge in [0.05, 0.1) is 0 Å². The molecule has 1 N–H and O–H groups in total. The second-order valence-corrected chi connectivity index (χ2v) is 6.01. The van der Waals surface area contributed by atoms with E-state index in [4.69, 9.17) is 4.74 Å². The minimum Gasteiger partial charge on any atom is -0.488 e. The Labute approximate surface area is 120 Å². The zero-order chi connectivity index (χ0) is 14.1. The van der Waals surface area contributed by atoms with E-state index in [0.717, 1.165) is 43.8 Å². The van der Waals surface area contributed by atoms with Crippen molar-refractivity contribution in [1.82, 2.24) is 10.2 Å². The van der Waals surface area contributed by atoms with Gasteiger partial charge in [-0.1, -0.05) is 6.92 Å². The van der Waals surface area contributed by atoms with Crippen LogP contribution < -0.4 is 10.1 Å². The maximum atomic E-state index is 13.2. The second kappa shape index (κ2) is 5.70. The number of benzene rings is 1. The summed E-state index contributed by atoms with van der Waals surface area (Å²) in [7, 11) is 0. The van der Waals surface area contributed by atoms with E-state index in [-0.39, 0.29) is 11.9 Å². The summed E-state index contributed by atoms with van der Waals surface area (Å²) in [5, 5.41) is 3.57. The smallest absolute Gasteiger partial charge is 0.123 e. The van der Waals surface area contributed by atoms with Crippen molar-refractivity contribution in [2.45, 2.75) is 44.9 Å². The van der Waals surface area contributed by atoms with Gasteiger partial charge in [0.1, 0.15) is 17.7 Å². The highest BCUT2D eigenvalue weighted by molar-refractivity contribution is 5.37. The standard InChI is InChI=1S/C16H23FN2O/c1-3-14-9-19(11(2)8-18-14)10-15-7-12-6-13(17)4-5-16(12)20-15/h4-6,11,14-15,18H,3,7-10H2,1-2H3. The van der Waals surface area contributed by atoms with Gasteiger partial charge in [-0.15, -0.1) is 0 Å². The summed E-state index contributed by atoms with van der Waals surface area (Å²) >= 11 is 0. The summed E-state index contributed by atoms with van der Waals surface area (Å²) in [5.74, 6) is 0.681. The molecule has 0 spiro atoms. The van der Waals surface area contributed by atoms with E-state index in [1.54, 1.807) is 12.1 Å². The van der Waals surface area contributed by atoms with Gasteiger partial charge >= 0.3 is 0 Å². The van der Waals surface area contributed by atoms with E-state index in [1.165, 1.54) is 6.07 Å². The highest BCUT2D eigenvalue weighted by Crippen LogP contribution is 2.30. The second-order valence-electron chi connectivity index (χ2n) is 6.01. The van der Waals surface area contributed by atoms with Crippen LogP contribution in [0.4, 0.5) is 4.39 Å². The molecule has 110 valence electrons. The van der Waals surface area contributed by atoms with Crippen LogP contribution in [0, 0.1) is 5.82 Å². The number of ether oxygens (including phenoxy) is 1. The highest BCUT2D eigenvalue weighted by Gasteiger charge is 2.30. The fourth-order valence-electron chi connectivity index (χ4n) is 3.17. The van der Waals surface area contributed by atoms with Gasteiger partial charge in [0.2, 0.25) is 0 Å². The number of hydrogen-bond donors (Lipinski definition) is 1. The van der Waals surface area contributed by atoms with Gasteiger partial charge in [0.15, 0.2) is 0 Å². The van der Waals surface area contributed by atoms with E-state index in [1.807, 2.05) is 0 Å². The molecule has 0 amide bonds. The van der Waals surface area contributed by atoms with E-state index in [0.29, 0.717) is 12.1 Å². The topological polar surface area (TPSA) is 24.5 Å². The summed E-state index contributed by atoms with van der Waals surface area (Å²) in [6.07, 6.45) is 2.13. The summed E-state index contributed by atoms with van der Waals surface area (Å²) in [5.41, 5.74) is 1.00. The lowest BCUT2D eigenvalue weighted by atomic mass is 10.1. The number of rotatable bonds is 3. The molecular formula is C16H23FN2O. The predicted octanol–water partition coefficient (Wildman–Crippen LogP) is 2.20. The fraction of sp³-hybridized carbons (Fsp3) is 0.625. The molecule has 1 fully saturated rings. The fourth-order valence-corrected chi connectivity index (χ4v) is 3.17. The van der Waals surface area contributed by atoms with Gasteiger partial charge in [-0.2, -0.15) is 0 Å². The van der Waals surface area contributed by atoms with Crippen molar-refractivity contribution in [2.75, 3.05) is 19.6 Å². The molecule has 20 heavy (non-hydrogen) atoms. The lowest BCUT2D eigenvalue weighted by molar-refractivity contribution is 0.0866. The molecule has 3 nitrogen and oxygen atoms in total. The molecule has 3 rings (SSSR count). The Hall–Kier alpha value is -1.13. The van der Waals surface area contributed by atoms with Crippen molar-refractivity contribution < 1.29 is 9.13 Å². The normalized spacial score (nSPS) is 30.1. The largest absolute Gasteiger partial charge is 0.488 e. The maximum absolute atomic E-state index is 13.2. The third-order valence-electron chi connectivity index (χ3n) is 4.47. The van der Waals surface area contributed by atoms with Crippen molar-refractivity contribution >= 4 is 0 Å². The number of hydrogen-bond acceptors (Lipinski definition) is 3. The van der Waals surface area contributed by atoms with E-state index in [2.05, 4.69) is 24.1 Å². The van der Waals surface area contributed by atoms with E-state index in [9.17, 15) is 4.39 Å². The first-order valence-electron chi connectivity index (χ1n) is 7.58. The molecule has 0 saturated carbocycles. The number of halogens is 1. The predicted molar refractivity (Wildman–Crippen MR) is 77.6 cm³/mol. The van der Waals surface area contributed by atoms with Gasteiger partial charge in [-0.05, 0) is 31.5 Å². The molecule has 2 heterocycles. The van der Waals surface area contributed by atoms with Crippen LogP contribution in [0.15, 0.2) is 18.2 Å². The van der Waals surface area contributed by atoms with Crippen LogP contribution in [0.2, 0.25) is 0 Å². The van der Waals surface area contributed by atoms with Crippen LogP contribution >= 0.6 is 0 Å². The van der Waals surface area contributed by atoms with Crippen LogP contribution in [0.3, 0.4) is 0 Å². The third kappa shape index (κ3) is 2.81. The number of nitrogens with one attached hydrogen (secondary N) is 1. The van der Waals surface area contributed by atoms with Crippen LogP contribution in [-0.2, 0) is 6.42 Å². The first kappa shape index (κ1) is 13.8. The molecule has 0 radical (unpaired) electrons. The lowest BCUT2D eigenvalue weighted by Gasteiger charge is -2.39. The van der Waals surface area contributed by atoms with Crippen molar-refractivity contribution in [3.8, 4) is 5.75 Å². The van der Waals surface area contributed by atoms with Crippen molar-refractivity contribution in [2.24, 2.45) is 0 Å². The Morgan fingerprint density at radius 3 is 3.10 bits per heavy atom. The van der Waals surface area contributed by atoms with Gasteiger partial charge in [0, 0.05) is 43.7 Å². The molecular weight excluding hydrogens is 255 g/mol. The monoisotopic (exact) mass is 278 g/mol. The maximum Gasteiger partial charge on any atom is 0.123 e. The van der Waals surface area contributed by atoms with E-state index < -0.39 is 0 Å². The average Bonchev–Trinajstić information content (AvgIpc) is 2.82. The zero-order valence-corrected chi connectivity index (χ0v) is 12.2. The summed E-state index contributed by atoms with van der Waals surface area (Å²) < 4.78 is 19.2. The zero-order valence-electron chi connectivity index (χ0n) is 12.2. The van der Waals surface area contributed by atoms with Crippen molar-refractivity contribution in [3.63, 3.8) is 0 Å². The first-order chi connectivity index (χ1) is 9.65. The summed E-state index contributed by atoms with van der Waals surface area (Å²) in [6, 6.07) is 5.93. The molecule has 2 aliphatic heterocycles. The average molecular weight is 278 g/mol. The van der Waals surface area contributed by atoms with Gasteiger partial charge in [-0.25, -0.2) is 4.39 Å². The van der Waals surface area contributed by atoms with Gasteiger partial charge in [-0.3, -0.25) is 4.90 Å². The molecule has 0 aromatic heterocycles. The van der Waals surface area contributed by atoms with Gasteiger partial charge < -0.3 is 10.1 Å². The Bertz CT molecular complexity index is 480. The Balaban J connectivity index is 1.62. The molecule has 0 bridgehead atoms. The van der Waals surface area contributed by atoms with Crippen molar-refractivity contribution in [1.29, 1.82) is 0 Å². The molecule has 3 atom stereocenters. The Kier molecular flexibility index (Phi) is 3.94. The molecule has 1 aromatic rings. The van der Waals surface area contributed by atoms with E-state index >= 15 is 0 Å². The van der Waals surface area contributed by atoms with Crippen molar-refractivity contribution in [3.05, 3.63) is 29.6 Å². The highest BCUT2D eigenvalue weighted by atomic mass is 19.1. The number of nitrogens with zero attached hydrogens (tertiary/aromatic N) is 1. The quantitative estimate of drug-likeness (QED) is 0.917.